The van der Waals surface area contributed by atoms with Crippen molar-refractivity contribution in [3.8, 4) is 11.5 Å². The molecule has 158 valence electrons. The van der Waals surface area contributed by atoms with Gasteiger partial charge in [-0.25, -0.2) is 4.39 Å². The predicted octanol–water partition coefficient (Wildman–Crippen LogP) is 6.10. The molecule has 3 rings (SSSR count). The lowest BCUT2D eigenvalue weighted by Crippen LogP contribution is -2.17. The molecule has 0 fully saturated rings. The van der Waals surface area contributed by atoms with Crippen molar-refractivity contribution in [3.05, 3.63) is 93.8 Å². The Bertz CT molecular complexity index is 943. The highest BCUT2D eigenvalue weighted by molar-refractivity contribution is 6.32. The SMILES string of the molecule is CCOc1cc(CNCCc2ccc(F)cc2)cc(Cl)c1OCc1ccc(C)cc1. The smallest absolute Gasteiger partial charge is 0.180 e. The number of nitrogens with one attached hydrogen (secondary N) is 1. The minimum atomic E-state index is -0.213. The number of rotatable bonds is 10. The van der Waals surface area contributed by atoms with Gasteiger partial charge in [0.15, 0.2) is 11.5 Å². The Morgan fingerprint density at radius 2 is 1.60 bits per heavy atom. The molecule has 0 saturated carbocycles. The summed E-state index contributed by atoms with van der Waals surface area (Å²) in [6.45, 7) is 6.37. The van der Waals surface area contributed by atoms with Gasteiger partial charge in [-0.05, 0) is 67.8 Å². The monoisotopic (exact) mass is 427 g/mol. The number of ether oxygens (including phenoxy) is 2. The lowest BCUT2D eigenvalue weighted by Gasteiger charge is -2.16. The molecule has 0 aliphatic carbocycles. The summed E-state index contributed by atoms with van der Waals surface area (Å²) in [5.41, 5.74) is 4.40. The highest BCUT2D eigenvalue weighted by Gasteiger charge is 2.13. The van der Waals surface area contributed by atoms with E-state index in [0.717, 1.165) is 29.7 Å². The summed E-state index contributed by atoms with van der Waals surface area (Å²) in [5, 5.41) is 3.93. The summed E-state index contributed by atoms with van der Waals surface area (Å²) in [7, 11) is 0. The molecule has 0 aliphatic heterocycles. The Kier molecular flexibility index (Phi) is 8.12. The van der Waals surface area contributed by atoms with Crippen molar-refractivity contribution >= 4 is 11.6 Å². The third-order valence-corrected chi connectivity index (χ3v) is 4.99. The predicted molar refractivity (Wildman–Crippen MR) is 120 cm³/mol. The van der Waals surface area contributed by atoms with Crippen LogP contribution in [0.5, 0.6) is 11.5 Å². The molecule has 0 saturated heterocycles. The molecule has 5 heteroatoms. The fraction of sp³-hybridized carbons (Fsp3) is 0.280. The van der Waals surface area contributed by atoms with Crippen molar-refractivity contribution in [1.29, 1.82) is 0 Å². The molecule has 0 spiro atoms. The van der Waals surface area contributed by atoms with Gasteiger partial charge in [-0.3, -0.25) is 0 Å². The molecule has 0 aromatic heterocycles. The van der Waals surface area contributed by atoms with Gasteiger partial charge >= 0.3 is 0 Å². The van der Waals surface area contributed by atoms with Crippen LogP contribution in [-0.4, -0.2) is 13.2 Å². The maximum atomic E-state index is 13.0. The Morgan fingerprint density at radius 3 is 2.30 bits per heavy atom. The second-order valence-electron chi connectivity index (χ2n) is 7.17. The van der Waals surface area contributed by atoms with Crippen molar-refractivity contribution in [1.82, 2.24) is 5.32 Å². The number of hydrogen-bond acceptors (Lipinski definition) is 3. The molecule has 0 radical (unpaired) electrons. The van der Waals surface area contributed by atoms with Gasteiger partial charge in [0.1, 0.15) is 12.4 Å². The molecule has 0 heterocycles. The molecule has 0 atom stereocenters. The van der Waals surface area contributed by atoms with Gasteiger partial charge in [0.05, 0.1) is 11.6 Å². The molecule has 0 aliphatic rings. The van der Waals surface area contributed by atoms with Gasteiger partial charge in [-0.15, -0.1) is 0 Å². The van der Waals surface area contributed by atoms with Crippen LogP contribution in [-0.2, 0) is 19.6 Å². The van der Waals surface area contributed by atoms with Gasteiger partial charge in [0.25, 0.3) is 0 Å². The van der Waals surface area contributed by atoms with Crippen LogP contribution in [0.4, 0.5) is 4.39 Å². The first kappa shape index (κ1) is 22.1. The van der Waals surface area contributed by atoms with Crippen molar-refractivity contribution in [3.63, 3.8) is 0 Å². The van der Waals surface area contributed by atoms with Crippen LogP contribution >= 0.6 is 11.6 Å². The minimum Gasteiger partial charge on any atom is -0.490 e. The molecule has 0 unspecified atom stereocenters. The van der Waals surface area contributed by atoms with E-state index in [4.69, 9.17) is 21.1 Å². The number of aryl methyl sites for hydroxylation is 1. The van der Waals surface area contributed by atoms with Crippen LogP contribution in [0.3, 0.4) is 0 Å². The zero-order chi connectivity index (χ0) is 21.3. The van der Waals surface area contributed by atoms with E-state index in [0.29, 0.717) is 36.3 Å². The van der Waals surface area contributed by atoms with E-state index in [1.54, 1.807) is 12.1 Å². The van der Waals surface area contributed by atoms with Gasteiger partial charge in [-0.2, -0.15) is 0 Å². The lowest BCUT2D eigenvalue weighted by atomic mass is 10.1. The summed E-state index contributed by atoms with van der Waals surface area (Å²) >= 11 is 6.52. The van der Waals surface area contributed by atoms with Gasteiger partial charge in [0, 0.05) is 6.54 Å². The summed E-state index contributed by atoms with van der Waals surface area (Å²) in [6, 6.07) is 18.7. The summed E-state index contributed by atoms with van der Waals surface area (Å²) < 4.78 is 24.8. The fourth-order valence-electron chi connectivity index (χ4n) is 3.08. The Balaban J connectivity index is 1.60. The summed E-state index contributed by atoms with van der Waals surface area (Å²) in [5.74, 6) is 0.996. The standard InChI is InChI=1S/C25H27ClFNO2/c1-3-29-24-15-21(16-28-13-12-19-8-10-22(27)11-9-19)14-23(26)25(24)30-17-20-6-4-18(2)5-7-20/h4-11,14-15,28H,3,12-13,16-17H2,1-2H3. The van der Waals surface area contributed by atoms with E-state index >= 15 is 0 Å². The maximum Gasteiger partial charge on any atom is 0.180 e. The molecule has 30 heavy (non-hydrogen) atoms. The van der Waals surface area contributed by atoms with Crippen LogP contribution < -0.4 is 14.8 Å². The molecule has 3 aromatic carbocycles. The number of benzene rings is 3. The second kappa shape index (κ2) is 11.0. The van der Waals surface area contributed by atoms with E-state index in [-0.39, 0.29) is 5.82 Å². The first-order chi connectivity index (χ1) is 14.5. The van der Waals surface area contributed by atoms with Crippen molar-refractivity contribution in [2.45, 2.75) is 33.4 Å². The van der Waals surface area contributed by atoms with Crippen molar-refractivity contribution in [2.24, 2.45) is 0 Å². The fourth-order valence-corrected chi connectivity index (χ4v) is 3.37. The molecule has 3 aromatic rings. The average molecular weight is 428 g/mol. The Morgan fingerprint density at radius 1 is 0.900 bits per heavy atom. The largest absolute Gasteiger partial charge is 0.490 e. The zero-order valence-electron chi connectivity index (χ0n) is 17.4. The zero-order valence-corrected chi connectivity index (χ0v) is 18.1. The minimum absolute atomic E-state index is 0.213. The number of halogens is 2. The van der Waals surface area contributed by atoms with Crippen LogP contribution in [0.2, 0.25) is 5.02 Å². The van der Waals surface area contributed by atoms with E-state index in [1.807, 2.05) is 31.2 Å². The highest BCUT2D eigenvalue weighted by Crippen LogP contribution is 2.37. The van der Waals surface area contributed by atoms with E-state index < -0.39 is 0 Å². The summed E-state index contributed by atoms with van der Waals surface area (Å²) in [6.07, 6.45) is 0.823. The van der Waals surface area contributed by atoms with E-state index in [9.17, 15) is 4.39 Å². The topological polar surface area (TPSA) is 30.5 Å². The maximum absolute atomic E-state index is 13.0. The molecule has 3 nitrogen and oxygen atoms in total. The van der Waals surface area contributed by atoms with Crippen LogP contribution in [0, 0.1) is 12.7 Å². The molecule has 0 amide bonds. The third-order valence-electron chi connectivity index (χ3n) is 4.71. The lowest BCUT2D eigenvalue weighted by molar-refractivity contribution is 0.269. The number of hydrogen-bond donors (Lipinski definition) is 1. The molecule has 0 bridgehead atoms. The molecular formula is C25H27ClFNO2. The van der Waals surface area contributed by atoms with Gasteiger partial charge in [-0.1, -0.05) is 53.6 Å². The van der Waals surface area contributed by atoms with Crippen LogP contribution in [0.1, 0.15) is 29.2 Å². The quantitative estimate of drug-likeness (QED) is 0.397. The van der Waals surface area contributed by atoms with Crippen LogP contribution in [0.25, 0.3) is 0 Å². The average Bonchev–Trinajstić information content (AvgIpc) is 2.73. The van der Waals surface area contributed by atoms with Crippen molar-refractivity contribution in [2.75, 3.05) is 13.2 Å². The summed E-state index contributed by atoms with van der Waals surface area (Å²) in [4.78, 5) is 0. The van der Waals surface area contributed by atoms with Gasteiger partial charge in [0.2, 0.25) is 0 Å². The van der Waals surface area contributed by atoms with E-state index in [2.05, 4.69) is 24.4 Å². The van der Waals surface area contributed by atoms with Crippen LogP contribution in [0.15, 0.2) is 60.7 Å². The normalized spacial score (nSPS) is 10.8. The first-order valence-corrected chi connectivity index (χ1v) is 10.5. The highest BCUT2D eigenvalue weighted by atomic mass is 35.5. The molecular weight excluding hydrogens is 401 g/mol. The first-order valence-electron chi connectivity index (χ1n) is 10.1. The second-order valence-corrected chi connectivity index (χ2v) is 7.57. The molecule has 1 N–H and O–H groups in total. The van der Waals surface area contributed by atoms with Gasteiger partial charge < -0.3 is 14.8 Å². The van der Waals surface area contributed by atoms with Crippen molar-refractivity contribution < 1.29 is 13.9 Å². The Hall–Kier alpha value is -2.56. The Labute approximate surface area is 182 Å². The van der Waals surface area contributed by atoms with E-state index in [1.165, 1.54) is 17.7 Å². The third kappa shape index (κ3) is 6.48.